The first-order chi connectivity index (χ1) is 8.25. The van der Waals surface area contributed by atoms with Gasteiger partial charge in [-0.05, 0) is 37.9 Å². The molecule has 1 saturated heterocycles. The van der Waals surface area contributed by atoms with E-state index in [1.807, 2.05) is 18.2 Å². The fourth-order valence-corrected chi connectivity index (χ4v) is 2.33. The number of nitrogens with zero attached hydrogens (tertiary/aromatic N) is 1. The van der Waals surface area contributed by atoms with Gasteiger partial charge in [-0.15, -0.1) is 0 Å². The first-order valence-corrected chi connectivity index (χ1v) is 6.39. The van der Waals surface area contributed by atoms with Crippen LogP contribution in [0.25, 0.3) is 0 Å². The van der Waals surface area contributed by atoms with Gasteiger partial charge in [-0.1, -0.05) is 18.2 Å². The molecule has 1 aliphatic heterocycles. The van der Waals surface area contributed by atoms with E-state index in [2.05, 4.69) is 18.0 Å². The number of hydrogen-bond acceptors (Lipinski definition) is 3. The highest BCUT2D eigenvalue weighted by Crippen LogP contribution is 2.16. The third-order valence-electron chi connectivity index (χ3n) is 3.28. The molecular formula is C14H22N2O. The number of para-hydroxylation sites is 1. The fraction of sp³-hybridized carbons (Fsp3) is 0.571. The summed E-state index contributed by atoms with van der Waals surface area (Å²) in [6.07, 6.45) is 4.10. The molecular weight excluding hydrogens is 212 g/mol. The Kier molecular flexibility index (Phi) is 4.40. The van der Waals surface area contributed by atoms with Gasteiger partial charge in [-0.25, -0.2) is 0 Å². The molecule has 1 aromatic rings. The summed E-state index contributed by atoms with van der Waals surface area (Å²) >= 11 is 0. The number of anilines is 1. The normalized spacial score (nSPS) is 20.7. The van der Waals surface area contributed by atoms with Crippen LogP contribution in [0.2, 0.25) is 0 Å². The fourth-order valence-electron chi connectivity index (χ4n) is 2.33. The number of ether oxygens (including phenoxy) is 1. The standard InChI is InChI=1S/C14H22N2O/c1-16(11-13-7-4-5-9-17-13)10-12-6-2-3-8-14(12)15/h2-3,6,8,13H,4-5,7,9-11,15H2,1H3. The van der Waals surface area contributed by atoms with Crippen LogP contribution in [0, 0.1) is 0 Å². The number of likely N-dealkylation sites (N-methyl/N-ethyl adjacent to an activating group) is 1. The van der Waals surface area contributed by atoms with Crippen LogP contribution < -0.4 is 5.73 Å². The number of hydrogen-bond donors (Lipinski definition) is 1. The highest BCUT2D eigenvalue weighted by Gasteiger charge is 2.16. The Bertz CT molecular complexity index is 348. The van der Waals surface area contributed by atoms with Gasteiger partial charge < -0.3 is 10.5 Å². The number of nitrogen functional groups attached to an aromatic ring is 1. The number of rotatable bonds is 4. The van der Waals surface area contributed by atoms with E-state index < -0.39 is 0 Å². The van der Waals surface area contributed by atoms with Gasteiger partial charge >= 0.3 is 0 Å². The lowest BCUT2D eigenvalue weighted by Crippen LogP contribution is -2.33. The van der Waals surface area contributed by atoms with Crippen molar-refractivity contribution in [3.63, 3.8) is 0 Å². The maximum absolute atomic E-state index is 5.94. The van der Waals surface area contributed by atoms with Gasteiger partial charge in [0.15, 0.2) is 0 Å². The molecule has 1 heterocycles. The minimum Gasteiger partial charge on any atom is -0.398 e. The average Bonchev–Trinajstić information content (AvgIpc) is 2.33. The van der Waals surface area contributed by atoms with Gasteiger partial charge in [0.1, 0.15) is 0 Å². The van der Waals surface area contributed by atoms with Crippen LogP contribution in [0.4, 0.5) is 5.69 Å². The second kappa shape index (κ2) is 6.03. The second-order valence-electron chi connectivity index (χ2n) is 4.88. The van der Waals surface area contributed by atoms with Gasteiger partial charge in [0.25, 0.3) is 0 Å². The van der Waals surface area contributed by atoms with Gasteiger partial charge in [0.05, 0.1) is 6.10 Å². The predicted molar refractivity (Wildman–Crippen MR) is 70.8 cm³/mol. The zero-order valence-electron chi connectivity index (χ0n) is 10.6. The van der Waals surface area contributed by atoms with Gasteiger partial charge in [0.2, 0.25) is 0 Å². The van der Waals surface area contributed by atoms with E-state index in [1.54, 1.807) is 0 Å². The monoisotopic (exact) mass is 234 g/mol. The summed E-state index contributed by atoms with van der Waals surface area (Å²) in [5, 5.41) is 0. The Balaban J connectivity index is 1.84. The summed E-state index contributed by atoms with van der Waals surface area (Å²) in [6.45, 7) is 2.81. The van der Waals surface area contributed by atoms with Gasteiger partial charge in [-0.3, -0.25) is 4.90 Å². The molecule has 0 amide bonds. The summed E-state index contributed by atoms with van der Waals surface area (Å²) < 4.78 is 5.74. The van der Waals surface area contributed by atoms with Crippen LogP contribution in [0.5, 0.6) is 0 Å². The Morgan fingerprint density at radius 2 is 2.18 bits per heavy atom. The van der Waals surface area contributed by atoms with Crippen molar-refractivity contribution in [2.24, 2.45) is 0 Å². The molecule has 17 heavy (non-hydrogen) atoms. The van der Waals surface area contributed by atoms with E-state index in [9.17, 15) is 0 Å². The van der Waals surface area contributed by atoms with Crippen molar-refractivity contribution in [1.82, 2.24) is 4.90 Å². The summed E-state index contributed by atoms with van der Waals surface area (Å²) in [6, 6.07) is 8.06. The van der Waals surface area contributed by atoms with E-state index >= 15 is 0 Å². The molecule has 1 fully saturated rings. The van der Waals surface area contributed by atoms with Crippen LogP contribution in [-0.2, 0) is 11.3 Å². The molecule has 2 N–H and O–H groups in total. The Morgan fingerprint density at radius 1 is 1.35 bits per heavy atom. The third-order valence-corrected chi connectivity index (χ3v) is 3.28. The summed E-state index contributed by atoms with van der Waals surface area (Å²) in [5.41, 5.74) is 8.02. The SMILES string of the molecule is CN(Cc1ccccc1N)CC1CCCCO1. The maximum atomic E-state index is 5.94. The van der Waals surface area contributed by atoms with Crippen molar-refractivity contribution in [2.75, 3.05) is 25.9 Å². The minimum atomic E-state index is 0.402. The van der Waals surface area contributed by atoms with Gasteiger partial charge in [0, 0.05) is 25.4 Å². The quantitative estimate of drug-likeness (QED) is 0.812. The highest BCUT2D eigenvalue weighted by atomic mass is 16.5. The van der Waals surface area contributed by atoms with Crippen molar-refractivity contribution in [3.05, 3.63) is 29.8 Å². The van der Waals surface area contributed by atoms with E-state index in [4.69, 9.17) is 10.5 Å². The zero-order valence-corrected chi connectivity index (χ0v) is 10.6. The molecule has 2 rings (SSSR count). The van der Waals surface area contributed by atoms with Crippen molar-refractivity contribution in [3.8, 4) is 0 Å². The molecule has 0 radical (unpaired) electrons. The lowest BCUT2D eigenvalue weighted by molar-refractivity contribution is -0.00256. The molecule has 1 unspecified atom stereocenters. The molecule has 94 valence electrons. The third kappa shape index (κ3) is 3.72. The first kappa shape index (κ1) is 12.4. The van der Waals surface area contributed by atoms with Crippen molar-refractivity contribution < 1.29 is 4.74 Å². The highest BCUT2D eigenvalue weighted by molar-refractivity contribution is 5.46. The van der Waals surface area contributed by atoms with Crippen molar-refractivity contribution in [2.45, 2.75) is 31.9 Å². The number of nitrogens with two attached hydrogens (primary N) is 1. The van der Waals surface area contributed by atoms with Crippen LogP contribution in [-0.4, -0.2) is 31.2 Å². The largest absolute Gasteiger partial charge is 0.398 e. The summed E-state index contributed by atoms with van der Waals surface area (Å²) in [4.78, 5) is 2.29. The second-order valence-corrected chi connectivity index (χ2v) is 4.88. The molecule has 0 saturated carbocycles. The molecule has 1 aromatic carbocycles. The maximum Gasteiger partial charge on any atom is 0.0702 e. The van der Waals surface area contributed by atoms with Crippen LogP contribution >= 0.6 is 0 Å². The number of benzene rings is 1. The molecule has 0 aliphatic carbocycles. The minimum absolute atomic E-state index is 0.402. The van der Waals surface area contributed by atoms with Crippen LogP contribution in [0.3, 0.4) is 0 Å². The Morgan fingerprint density at radius 3 is 2.88 bits per heavy atom. The molecule has 0 bridgehead atoms. The molecule has 0 aromatic heterocycles. The lowest BCUT2D eigenvalue weighted by atomic mass is 10.1. The molecule has 1 aliphatic rings. The van der Waals surface area contributed by atoms with E-state index in [0.717, 1.165) is 25.4 Å². The summed E-state index contributed by atoms with van der Waals surface area (Å²) in [5.74, 6) is 0. The van der Waals surface area contributed by atoms with Gasteiger partial charge in [-0.2, -0.15) is 0 Å². The topological polar surface area (TPSA) is 38.5 Å². The van der Waals surface area contributed by atoms with Crippen LogP contribution in [0.1, 0.15) is 24.8 Å². The van der Waals surface area contributed by atoms with E-state index in [1.165, 1.54) is 24.8 Å². The predicted octanol–water partition coefficient (Wildman–Crippen LogP) is 2.27. The smallest absolute Gasteiger partial charge is 0.0702 e. The molecule has 3 heteroatoms. The Hall–Kier alpha value is -1.06. The summed E-state index contributed by atoms with van der Waals surface area (Å²) in [7, 11) is 2.13. The molecule has 0 spiro atoms. The zero-order chi connectivity index (χ0) is 12.1. The Labute approximate surface area is 104 Å². The van der Waals surface area contributed by atoms with E-state index in [0.29, 0.717) is 6.10 Å². The lowest BCUT2D eigenvalue weighted by Gasteiger charge is -2.27. The molecule has 3 nitrogen and oxygen atoms in total. The van der Waals surface area contributed by atoms with Crippen molar-refractivity contribution in [1.29, 1.82) is 0 Å². The van der Waals surface area contributed by atoms with Crippen LogP contribution in [0.15, 0.2) is 24.3 Å². The molecule has 1 atom stereocenters. The first-order valence-electron chi connectivity index (χ1n) is 6.39. The average molecular weight is 234 g/mol. The van der Waals surface area contributed by atoms with Crippen molar-refractivity contribution >= 4 is 5.69 Å². The van der Waals surface area contributed by atoms with E-state index in [-0.39, 0.29) is 0 Å².